The smallest absolute Gasteiger partial charge is 0.200 e. The molecule has 0 spiro atoms. The summed E-state index contributed by atoms with van der Waals surface area (Å²) in [5, 5.41) is 9.64. The first-order valence-electron chi connectivity index (χ1n) is 5.40. The number of aliphatic hydroxyl groups is 1. The predicted octanol–water partition coefficient (Wildman–Crippen LogP) is 3.74. The van der Waals surface area contributed by atoms with Crippen LogP contribution in [0.25, 0.3) is 0 Å². The molecule has 2 rings (SSSR count). The Hall–Kier alpha value is -2.09. The highest BCUT2D eigenvalue weighted by Crippen LogP contribution is 2.33. The molecule has 0 aliphatic heterocycles. The van der Waals surface area contributed by atoms with E-state index in [1.54, 1.807) is 0 Å². The summed E-state index contributed by atoms with van der Waals surface area (Å²) in [5.41, 5.74) is -2.95. The van der Waals surface area contributed by atoms with Crippen LogP contribution in [0.4, 0.5) is 30.7 Å². The van der Waals surface area contributed by atoms with Crippen molar-refractivity contribution in [2.75, 3.05) is 0 Å². The largest absolute Gasteiger partial charge is 0.383 e. The Morgan fingerprint density at radius 1 is 0.619 bits per heavy atom. The number of hydrogen-bond donors (Lipinski definition) is 1. The number of rotatable bonds is 2. The molecule has 21 heavy (non-hydrogen) atoms. The molecule has 0 saturated heterocycles. The number of halogens is 7. The molecular weight excluding hydrogens is 305 g/mol. The maximum atomic E-state index is 13.5. The molecular formula is C13H5F7O. The van der Waals surface area contributed by atoms with Crippen LogP contribution in [0, 0.1) is 40.7 Å². The fourth-order valence-corrected chi connectivity index (χ4v) is 1.78. The van der Waals surface area contributed by atoms with E-state index in [0.717, 1.165) is 6.07 Å². The molecule has 0 radical (unpaired) electrons. The number of hydrogen-bond acceptors (Lipinski definition) is 1. The van der Waals surface area contributed by atoms with Gasteiger partial charge in [0.25, 0.3) is 0 Å². The third-order valence-electron chi connectivity index (χ3n) is 2.79. The second-order valence-corrected chi connectivity index (χ2v) is 4.02. The molecule has 112 valence electrons. The maximum absolute atomic E-state index is 13.5. The van der Waals surface area contributed by atoms with Crippen molar-refractivity contribution in [3.05, 3.63) is 70.0 Å². The van der Waals surface area contributed by atoms with Crippen LogP contribution < -0.4 is 0 Å². The highest BCUT2D eigenvalue weighted by atomic mass is 19.2. The van der Waals surface area contributed by atoms with Gasteiger partial charge in [-0.25, -0.2) is 30.7 Å². The van der Waals surface area contributed by atoms with E-state index in [1.165, 1.54) is 0 Å². The van der Waals surface area contributed by atoms with Crippen molar-refractivity contribution in [2.24, 2.45) is 0 Å². The SMILES string of the molecule is OC(c1c(F)cccc1F)c1c(F)c(F)c(F)c(F)c1F. The van der Waals surface area contributed by atoms with Crippen LogP contribution in [0.2, 0.25) is 0 Å². The van der Waals surface area contributed by atoms with E-state index in [0.29, 0.717) is 12.1 Å². The third kappa shape index (κ3) is 2.35. The first-order valence-corrected chi connectivity index (χ1v) is 5.40. The molecule has 0 saturated carbocycles. The van der Waals surface area contributed by atoms with E-state index in [9.17, 15) is 35.8 Å². The van der Waals surface area contributed by atoms with E-state index >= 15 is 0 Å². The molecule has 1 atom stereocenters. The summed E-state index contributed by atoms with van der Waals surface area (Å²) in [7, 11) is 0. The Morgan fingerprint density at radius 3 is 1.43 bits per heavy atom. The van der Waals surface area contributed by atoms with Crippen molar-refractivity contribution >= 4 is 0 Å². The molecule has 0 fully saturated rings. The first-order chi connectivity index (χ1) is 9.77. The van der Waals surface area contributed by atoms with Gasteiger partial charge in [0.1, 0.15) is 17.7 Å². The fourth-order valence-electron chi connectivity index (χ4n) is 1.78. The summed E-state index contributed by atoms with van der Waals surface area (Å²) >= 11 is 0. The second-order valence-electron chi connectivity index (χ2n) is 4.02. The minimum Gasteiger partial charge on any atom is -0.383 e. The average molecular weight is 310 g/mol. The fraction of sp³-hybridized carbons (Fsp3) is 0.0769. The Labute approximate surface area is 113 Å². The molecule has 1 unspecified atom stereocenters. The Morgan fingerprint density at radius 2 is 1.00 bits per heavy atom. The summed E-state index contributed by atoms with van der Waals surface area (Å²) in [5.74, 6) is -14.6. The minimum atomic E-state index is -2.70. The molecule has 0 heterocycles. The van der Waals surface area contributed by atoms with Crippen LogP contribution >= 0.6 is 0 Å². The van der Waals surface area contributed by atoms with Crippen LogP contribution in [-0.2, 0) is 0 Å². The lowest BCUT2D eigenvalue weighted by atomic mass is 9.98. The zero-order chi connectivity index (χ0) is 15.9. The van der Waals surface area contributed by atoms with Crippen molar-refractivity contribution in [1.29, 1.82) is 0 Å². The summed E-state index contributed by atoms with van der Waals surface area (Å²) in [6, 6.07) is 2.22. The van der Waals surface area contributed by atoms with Gasteiger partial charge in [-0.15, -0.1) is 0 Å². The zero-order valence-electron chi connectivity index (χ0n) is 9.90. The van der Waals surface area contributed by atoms with Crippen molar-refractivity contribution in [3.8, 4) is 0 Å². The van der Waals surface area contributed by atoms with E-state index in [1.807, 2.05) is 0 Å². The van der Waals surface area contributed by atoms with Gasteiger partial charge in [0.2, 0.25) is 5.82 Å². The first kappa shape index (κ1) is 15.3. The summed E-state index contributed by atoms with van der Waals surface area (Å²) < 4.78 is 92.7. The lowest BCUT2D eigenvalue weighted by Gasteiger charge is -2.16. The van der Waals surface area contributed by atoms with E-state index in [-0.39, 0.29) is 0 Å². The predicted molar refractivity (Wildman–Crippen MR) is 56.7 cm³/mol. The Balaban J connectivity index is 2.73. The van der Waals surface area contributed by atoms with Gasteiger partial charge in [0.15, 0.2) is 23.3 Å². The molecule has 2 aromatic carbocycles. The summed E-state index contributed by atoms with van der Waals surface area (Å²) in [6.45, 7) is 0. The summed E-state index contributed by atoms with van der Waals surface area (Å²) in [4.78, 5) is 0. The third-order valence-corrected chi connectivity index (χ3v) is 2.79. The van der Waals surface area contributed by atoms with Crippen LogP contribution in [-0.4, -0.2) is 5.11 Å². The number of benzene rings is 2. The van der Waals surface area contributed by atoms with Gasteiger partial charge in [-0.1, -0.05) is 6.07 Å². The topological polar surface area (TPSA) is 20.2 Å². The maximum Gasteiger partial charge on any atom is 0.200 e. The van der Waals surface area contributed by atoms with Crippen molar-refractivity contribution < 1.29 is 35.8 Å². The van der Waals surface area contributed by atoms with Gasteiger partial charge >= 0.3 is 0 Å². The average Bonchev–Trinajstić information content (AvgIpc) is 2.43. The van der Waals surface area contributed by atoms with Crippen LogP contribution in [0.3, 0.4) is 0 Å². The molecule has 0 aliphatic carbocycles. The molecule has 0 amide bonds. The van der Waals surface area contributed by atoms with Gasteiger partial charge in [-0.3, -0.25) is 0 Å². The summed E-state index contributed by atoms with van der Waals surface area (Å²) in [6.07, 6.45) is -2.70. The standard InChI is InChI=1S/C13H5F7O/c14-4-2-1-3-5(15)6(4)13(21)7-8(16)10(18)12(20)11(19)9(7)17/h1-3,13,21H. The van der Waals surface area contributed by atoms with Gasteiger partial charge in [-0.05, 0) is 12.1 Å². The molecule has 0 aromatic heterocycles. The van der Waals surface area contributed by atoms with Gasteiger partial charge in [-0.2, -0.15) is 0 Å². The lowest BCUT2D eigenvalue weighted by molar-refractivity contribution is 0.193. The molecule has 1 N–H and O–H groups in total. The number of aliphatic hydroxyl groups excluding tert-OH is 1. The highest BCUT2D eigenvalue weighted by Gasteiger charge is 2.32. The zero-order valence-corrected chi connectivity index (χ0v) is 9.90. The van der Waals surface area contributed by atoms with Crippen LogP contribution in [0.1, 0.15) is 17.2 Å². The molecule has 8 heteroatoms. The van der Waals surface area contributed by atoms with Crippen LogP contribution in [0.15, 0.2) is 18.2 Å². The lowest BCUT2D eigenvalue weighted by Crippen LogP contribution is -2.14. The normalized spacial score (nSPS) is 12.6. The Bertz CT molecular complexity index is 665. The van der Waals surface area contributed by atoms with Crippen molar-refractivity contribution in [1.82, 2.24) is 0 Å². The van der Waals surface area contributed by atoms with E-state index < -0.39 is 58.0 Å². The Kier molecular flexibility index (Phi) is 3.91. The van der Waals surface area contributed by atoms with Crippen LogP contribution in [0.5, 0.6) is 0 Å². The van der Waals surface area contributed by atoms with E-state index in [4.69, 9.17) is 0 Å². The monoisotopic (exact) mass is 310 g/mol. The minimum absolute atomic E-state index is 0.660. The van der Waals surface area contributed by atoms with E-state index in [2.05, 4.69) is 0 Å². The second kappa shape index (κ2) is 5.36. The quantitative estimate of drug-likeness (QED) is 0.509. The molecule has 1 nitrogen and oxygen atoms in total. The van der Waals surface area contributed by atoms with Crippen molar-refractivity contribution in [3.63, 3.8) is 0 Å². The van der Waals surface area contributed by atoms with Crippen molar-refractivity contribution in [2.45, 2.75) is 6.10 Å². The molecule has 0 aliphatic rings. The van der Waals surface area contributed by atoms with Gasteiger partial charge in [0, 0.05) is 0 Å². The molecule has 2 aromatic rings. The van der Waals surface area contributed by atoms with Gasteiger partial charge < -0.3 is 5.11 Å². The molecule has 0 bridgehead atoms. The van der Waals surface area contributed by atoms with Gasteiger partial charge in [0.05, 0.1) is 11.1 Å². The highest BCUT2D eigenvalue weighted by molar-refractivity contribution is 5.35.